The monoisotopic (exact) mass is 276 g/mol. The maximum absolute atomic E-state index is 11.6. The van der Waals surface area contributed by atoms with E-state index in [1.807, 2.05) is 6.92 Å². The molecule has 0 bridgehead atoms. The minimum Gasteiger partial charge on any atom is -0.481 e. The molecule has 0 radical (unpaired) electrons. The predicted octanol–water partition coefficient (Wildman–Crippen LogP) is 1.90. The molecule has 1 rings (SSSR count). The molecule has 0 aromatic heterocycles. The van der Waals surface area contributed by atoms with Gasteiger partial charge in [-0.15, -0.1) is 0 Å². The van der Waals surface area contributed by atoms with Gasteiger partial charge in [0.1, 0.15) is 0 Å². The highest BCUT2D eigenvalue weighted by Crippen LogP contribution is 2.07. The summed E-state index contributed by atoms with van der Waals surface area (Å²) in [5, 5.41) is 11.6. The zero-order valence-corrected chi connectivity index (χ0v) is 11.5. The third kappa shape index (κ3) is 5.56. The summed E-state index contributed by atoms with van der Waals surface area (Å²) >= 11 is 0. The fraction of sp³-hybridized carbons (Fsp3) is 0.333. The molecule has 0 heterocycles. The van der Waals surface area contributed by atoms with Gasteiger partial charge in [0.15, 0.2) is 0 Å². The van der Waals surface area contributed by atoms with Crippen molar-refractivity contribution < 1.29 is 14.7 Å². The van der Waals surface area contributed by atoms with Crippen LogP contribution in [-0.4, -0.2) is 23.5 Å². The van der Waals surface area contributed by atoms with Gasteiger partial charge in [-0.3, -0.25) is 9.59 Å². The number of amides is 1. The summed E-state index contributed by atoms with van der Waals surface area (Å²) in [6.07, 6.45) is 4.37. The minimum absolute atomic E-state index is 0.147. The fourth-order valence-corrected chi connectivity index (χ4v) is 1.72. The van der Waals surface area contributed by atoms with Gasteiger partial charge in [-0.1, -0.05) is 25.5 Å². The number of hydrogen-bond acceptors (Lipinski definition) is 3. The lowest BCUT2D eigenvalue weighted by molar-refractivity contribution is -0.141. The lowest BCUT2D eigenvalue weighted by Crippen LogP contribution is -2.31. The van der Waals surface area contributed by atoms with Crippen LogP contribution in [0.25, 0.3) is 6.08 Å². The third-order valence-electron chi connectivity index (χ3n) is 2.87. The summed E-state index contributed by atoms with van der Waals surface area (Å²) in [6.45, 7) is 2.06. The molecule has 0 fully saturated rings. The van der Waals surface area contributed by atoms with Crippen LogP contribution in [-0.2, 0) is 9.59 Å². The molecule has 1 aromatic carbocycles. The van der Waals surface area contributed by atoms with E-state index in [0.29, 0.717) is 12.1 Å². The van der Waals surface area contributed by atoms with Crippen molar-refractivity contribution in [1.29, 1.82) is 0 Å². The summed E-state index contributed by atoms with van der Waals surface area (Å²) in [4.78, 5) is 22.5. The number of benzene rings is 1. The lowest BCUT2D eigenvalue weighted by atomic mass is 10.0. The SMILES string of the molecule is CCCC(CNC(=O)/C=C/c1ccc(N)cc1)C(=O)O. The molecule has 1 atom stereocenters. The Kier molecular flexibility index (Phi) is 6.29. The number of carbonyl (C=O) groups excluding carboxylic acids is 1. The molecule has 1 unspecified atom stereocenters. The van der Waals surface area contributed by atoms with E-state index in [0.717, 1.165) is 12.0 Å². The maximum Gasteiger partial charge on any atom is 0.308 e. The number of carbonyl (C=O) groups is 2. The molecule has 0 aliphatic heterocycles. The number of anilines is 1. The van der Waals surface area contributed by atoms with E-state index in [2.05, 4.69) is 5.32 Å². The fourth-order valence-electron chi connectivity index (χ4n) is 1.72. The average Bonchev–Trinajstić information content (AvgIpc) is 2.42. The van der Waals surface area contributed by atoms with Gasteiger partial charge in [0, 0.05) is 18.3 Å². The molecule has 0 aliphatic carbocycles. The van der Waals surface area contributed by atoms with Gasteiger partial charge < -0.3 is 16.2 Å². The molecule has 1 amide bonds. The maximum atomic E-state index is 11.6. The van der Waals surface area contributed by atoms with Crippen LogP contribution < -0.4 is 11.1 Å². The number of nitrogens with two attached hydrogens (primary N) is 1. The second-order valence-corrected chi connectivity index (χ2v) is 4.57. The number of hydrogen-bond donors (Lipinski definition) is 3. The Bertz CT molecular complexity index is 480. The van der Waals surface area contributed by atoms with E-state index < -0.39 is 11.9 Å². The van der Waals surface area contributed by atoms with E-state index in [4.69, 9.17) is 10.8 Å². The predicted molar refractivity (Wildman–Crippen MR) is 78.9 cm³/mol. The molecular formula is C15H20N2O3. The molecule has 0 saturated heterocycles. The zero-order chi connectivity index (χ0) is 15.0. The number of nitrogen functional groups attached to an aromatic ring is 1. The van der Waals surface area contributed by atoms with Crippen LogP contribution in [0.1, 0.15) is 25.3 Å². The van der Waals surface area contributed by atoms with Gasteiger partial charge >= 0.3 is 5.97 Å². The largest absolute Gasteiger partial charge is 0.481 e. The molecule has 5 nitrogen and oxygen atoms in total. The Balaban J connectivity index is 2.46. The van der Waals surface area contributed by atoms with E-state index in [9.17, 15) is 9.59 Å². The first-order valence-corrected chi connectivity index (χ1v) is 6.57. The number of carboxylic acid groups (broad SMARTS) is 1. The van der Waals surface area contributed by atoms with Crippen molar-refractivity contribution in [3.05, 3.63) is 35.9 Å². The van der Waals surface area contributed by atoms with Crippen molar-refractivity contribution >= 4 is 23.6 Å². The Morgan fingerprint density at radius 3 is 2.55 bits per heavy atom. The third-order valence-corrected chi connectivity index (χ3v) is 2.87. The second kappa shape index (κ2) is 7.99. The van der Waals surface area contributed by atoms with E-state index in [1.165, 1.54) is 6.08 Å². The highest BCUT2D eigenvalue weighted by Gasteiger charge is 2.16. The van der Waals surface area contributed by atoms with Crippen LogP contribution in [0.4, 0.5) is 5.69 Å². The Labute approximate surface area is 118 Å². The minimum atomic E-state index is -0.880. The molecule has 5 heteroatoms. The van der Waals surface area contributed by atoms with Gasteiger partial charge in [0.05, 0.1) is 5.92 Å². The Morgan fingerprint density at radius 1 is 1.35 bits per heavy atom. The first-order valence-electron chi connectivity index (χ1n) is 6.57. The van der Waals surface area contributed by atoms with Gasteiger partial charge in [-0.25, -0.2) is 0 Å². The molecular weight excluding hydrogens is 256 g/mol. The van der Waals surface area contributed by atoms with Crippen molar-refractivity contribution in [2.45, 2.75) is 19.8 Å². The van der Waals surface area contributed by atoms with Crippen molar-refractivity contribution in [1.82, 2.24) is 5.32 Å². The number of nitrogens with one attached hydrogen (secondary N) is 1. The molecule has 0 aliphatic rings. The molecule has 0 spiro atoms. The molecule has 0 saturated carbocycles. The molecule has 4 N–H and O–H groups in total. The van der Waals surface area contributed by atoms with Gasteiger partial charge in [-0.2, -0.15) is 0 Å². The summed E-state index contributed by atoms with van der Waals surface area (Å²) in [6, 6.07) is 7.10. The van der Waals surface area contributed by atoms with Crippen LogP contribution in [0.5, 0.6) is 0 Å². The van der Waals surface area contributed by atoms with Crippen molar-refractivity contribution in [2.24, 2.45) is 5.92 Å². The molecule has 108 valence electrons. The first kappa shape index (κ1) is 15.8. The van der Waals surface area contributed by atoms with Gasteiger partial charge in [-0.05, 0) is 30.2 Å². The average molecular weight is 276 g/mol. The standard InChI is InChI=1S/C15H20N2O3/c1-2-3-12(15(19)20)10-17-14(18)9-6-11-4-7-13(16)8-5-11/h4-9,12H,2-3,10,16H2,1H3,(H,17,18)(H,19,20)/b9-6+. The highest BCUT2D eigenvalue weighted by molar-refractivity contribution is 5.92. The normalized spacial score (nSPS) is 12.2. The van der Waals surface area contributed by atoms with Crippen LogP contribution >= 0.6 is 0 Å². The van der Waals surface area contributed by atoms with Crippen molar-refractivity contribution in [2.75, 3.05) is 12.3 Å². The topological polar surface area (TPSA) is 92.4 Å². The number of carboxylic acids is 1. The lowest BCUT2D eigenvalue weighted by Gasteiger charge is -2.10. The number of aliphatic carboxylic acids is 1. The molecule has 1 aromatic rings. The zero-order valence-electron chi connectivity index (χ0n) is 11.5. The first-order chi connectivity index (χ1) is 9.52. The summed E-state index contributed by atoms with van der Waals surface area (Å²) < 4.78 is 0. The second-order valence-electron chi connectivity index (χ2n) is 4.57. The summed E-state index contributed by atoms with van der Waals surface area (Å²) in [5.41, 5.74) is 7.08. The van der Waals surface area contributed by atoms with Gasteiger partial charge in [0.25, 0.3) is 0 Å². The Hall–Kier alpha value is -2.30. The van der Waals surface area contributed by atoms with Crippen LogP contribution in [0, 0.1) is 5.92 Å². The Morgan fingerprint density at radius 2 is 2.00 bits per heavy atom. The quantitative estimate of drug-likeness (QED) is 0.524. The van der Waals surface area contributed by atoms with E-state index in [-0.39, 0.29) is 12.5 Å². The highest BCUT2D eigenvalue weighted by atomic mass is 16.4. The van der Waals surface area contributed by atoms with Crippen LogP contribution in [0.15, 0.2) is 30.3 Å². The van der Waals surface area contributed by atoms with Crippen LogP contribution in [0.3, 0.4) is 0 Å². The van der Waals surface area contributed by atoms with E-state index in [1.54, 1.807) is 30.3 Å². The van der Waals surface area contributed by atoms with Crippen molar-refractivity contribution in [3.63, 3.8) is 0 Å². The van der Waals surface area contributed by atoms with Gasteiger partial charge in [0.2, 0.25) is 5.91 Å². The summed E-state index contributed by atoms with van der Waals surface area (Å²) in [7, 11) is 0. The summed E-state index contributed by atoms with van der Waals surface area (Å²) in [5.74, 6) is -1.72. The number of rotatable bonds is 7. The van der Waals surface area contributed by atoms with E-state index >= 15 is 0 Å². The smallest absolute Gasteiger partial charge is 0.308 e. The molecule has 20 heavy (non-hydrogen) atoms. The van der Waals surface area contributed by atoms with Crippen molar-refractivity contribution in [3.8, 4) is 0 Å². The van der Waals surface area contributed by atoms with Crippen LogP contribution in [0.2, 0.25) is 0 Å².